The lowest BCUT2D eigenvalue weighted by molar-refractivity contribution is -0.138. The van der Waals surface area contributed by atoms with Crippen LogP contribution in [-0.4, -0.2) is 119 Å². The van der Waals surface area contributed by atoms with Crippen molar-refractivity contribution in [2.75, 3.05) is 72.5 Å². The lowest BCUT2D eigenvalue weighted by atomic mass is 10.1. The minimum atomic E-state index is -1.15. The van der Waals surface area contributed by atoms with E-state index in [1.807, 2.05) is 0 Å². The van der Waals surface area contributed by atoms with Gasteiger partial charge in [-0.05, 0) is 32.6 Å². The molecule has 0 bridgehead atoms. The van der Waals surface area contributed by atoms with E-state index in [-0.39, 0.29) is 102 Å². The number of carboxylic acid groups (broad SMARTS) is 1. The number of carbonyl (C=O) groups is 5. The van der Waals surface area contributed by atoms with E-state index in [9.17, 15) is 24.0 Å². The molecule has 2 atom stereocenters. The van der Waals surface area contributed by atoms with Crippen LogP contribution in [0, 0.1) is 0 Å². The average Bonchev–Trinajstić information content (AvgIpc) is 2.91. The fourth-order valence-corrected chi connectivity index (χ4v) is 3.00. The van der Waals surface area contributed by atoms with E-state index in [0.29, 0.717) is 19.5 Å². The number of amides is 3. The number of hydrogen-bond donors (Lipinski definition) is 7. The smallest absolute Gasteiger partial charge is 0.320 e. The van der Waals surface area contributed by atoms with Crippen molar-refractivity contribution in [1.29, 1.82) is 0 Å². The van der Waals surface area contributed by atoms with E-state index in [4.69, 9.17) is 35.6 Å². The van der Waals surface area contributed by atoms with Crippen molar-refractivity contribution in [3.05, 3.63) is 0 Å². The average molecular weight is 579 g/mol. The molecule has 0 aliphatic rings. The molecule has 16 nitrogen and oxygen atoms in total. The van der Waals surface area contributed by atoms with Gasteiger partial charge >= 0.3 is 5.97 Å². The number of ether oxygens (including phenoxy) is 4. The highest BCUT2D eigenvalue weighted by Gasteiger charge is 2.13. The van der Waals surface area contributed by atoms with Gasteiger partial charge in [-0.3, -0.25) is 29.8 Å². The highest BCUT2D eigenvalue weighted by atomic mass is 16.5. The van der Waals surface area contributed by atoms with Crippen molar-refractivity contribution >= 4 is 29.5 Å². The van der Waals surface area contributed by atoms with Crippen LogP contribution >= 0.6 is 0 Å². The Hall–Kier alpha value is -2.73. The number of Topliss-reactive ketones (excluding diaryl/α,β-unsaturated/α-hetero) is 1. The van der Waals surface area contributed by atoms with Crippen molar-refractivity contribution in [3.8, 4) is 0 Å². The molecule has 3 amide bonds. The van der Waals surface area contributed by atoms with Crippen LogP contribution in [0.25, 0.3) is 0 Å². The van der Waals surface area contributed by atoms with Crippen LogP contribution in [0.5, 0.6) is 0 Å². The predicted octanol–water partition coefficient (Wildman–Crippen LogP) is -2.82. The van der Waals surface area contributed by atoms with Crippen LogP contribution in [0.3, 0.4) is 0 Å². The molecule has 0 rings (SSSR count). The minimum absolute atomic E-state index is 0.0178. The van der Waals surface area contributed by atoms with E-state index in [2.05, 4.69) is 21.4 Å². The monoisotopic (exact) mass is 578 g/mol. The maximum atomic E-state index is 11.7. The van der Waals surface area contributed by atoms with Crippen LogP contribution in [-0.2, 0) is 42.9 Å². The van der Waals surface area contributed by atoms with Gasteiger partial charge < -0.3 is 45.7 Å². The SMILES string of the molecule is CC(=O)[C@H](CCCCNC(=O)COCCOCCNC(=O)COCCOCCNC(=O)CC[C@H](N)C(=O)O)NN. The summed E-state index contributed by atoms with van der Waals surface area (Å²) in [5, 5.41) is 16.6. The molecule has 0 unspecified atom stereocenters. The van der Waals surface area contributed by atoms with Gasteiger partial charge in [0.25, 0.3) is 0 Å². The Bertz CT molecular complexity index is 743. The molecule has 0 heterocycles. The summed E-state index contributed by atoms with van der Waals surface area (Å²) in [5.41, 5.74) is 7.79. The lowest BCUT2D eigenvalue weighted by Crippen LogP contribution is -2.40. The summed E-state index contributed by atoms with van der Waals surface area (Å²) in [6.07, 6.45) is 2.16. The highest BCUT2D eigenvalue weighted by Crippen LogP contribution is 2.00. The molecule has 0 aliphatic heterocycles. The zero-order chi connectivity index (χ0) is 30.0. The molecule has 16 heteroatoms. The normalized spacial score (nSPS) is 12.4. The molecule has 9 N–H and O–H groups in total. The molecule has 232 valence electrons. The summed E-state index contributed by atoms with van der Waals surface area (Å²) in [6.45, 7) is 3.75. The van der Waals surface area contributed by atoms with Crippen molar-refractivity contribution in [1.82, 2.24) is 21.4 Å². The Labute approximate surface area is 234 Å². The lowest BCUT2D eigenvalue weighted by Gasteiger charge is -2.12. The summed E-state index contributed by atoms with van der Waals surface area (Å²) in [7, 11) is 0. The first-order valence-electron chi connectivity index (χ1n) is 13.2. The Morgan fingerprint density at radius 2 is 1.20 bits per heavy atom. The Kier molecular flexibility index (Phi) is 23.5. The fourth-order valence-electron chi connectivity index (χ4n) is 3.00. The second-order valence-corrected chi connectivity index (χ2v) is 8.69. The van der Waals surface area contributed by atoms with Crippen molar-refractivity contribution in [2.45, 2.75) is 51.1 Å². The number of rotatable bonds is 27. The van der Waals surface area contributed by atoms with Crippen molar-refractivity contribution in [2.24, 2.45) is 11.6 Å². The molecular weight excluding hydrogens is 532 g/mol. The number of nitrogens with one attached hydrogen (secondary N) is 4. The number of nitrogens with two attached hydrogens (primary N) is 2. The molecule has 0 radical (unpaired) electrons. The zero-order valence-electron chi connectivity index (χ0n) is 23.2. The van der Waals surface area contributed by atoms with Crippen LogP contribution in [0.4, 0.5) is 0 Å². The summed E-state index contributed by atoms with van der Waals surface area (Å²) in [5.74, 6) is 3.29. The maximum Gasteiger partial charge on any atom is 0.320 e. The van der Waals surface area contributed by atoms with Crippen LogP contribution in [0.1, 0.15) is 39.0 Å². The van der Waals surface area contributed by atoms with Crippen LogP contribution in [0.2, 0.25) is 0 Å². The van der Waals surface area contributed by atoms with Gasteiger partial charge in [0.15, 0.2) is 0 Å². The third-order valence-corrected chi connectivity index (χ3v) is 5.28. The van der Waals surface area contributed by atoms with Crippen molar-refractivity contribution < 1.29 is 48.0 Å². The summed E-state index contributed by atoms with van der Waals surface area (Å²) < 4.78 is 21.0. The van der Waals surface area contributed by atoms with E-state index in [1.54, 1.807) is 0 Å². The third-order valence-electron chi connectivity index (χ3n) is 5.28. The first kappa shape index (κ1) is 37.3. The molecule has 0 saturated carbocycles. The van der Waals surface area contributed by atoms with Crippen LogP contribution < -0.4 is 33.0 Å². The van der Waals surface area contributed by atoms with Gasteiger partial charge in [0, 0.05) is 26.1 Å². The summed E-state index contributed by atoms with van der Waals surface area (Å²) >= 11 is 0. The van der Waals surface area contributed by atoms with E-state index >= 15 is 0 Å². The molecule has 0 aliphatic carbocycles. The first-order valence-corrected chi connectivity index (χ1v) is 13.2. The van der Waals surface area contributed by atoms with Crippen LogP contribution in [0.15, 0.2) is 0 Å². The Morgan fingerprint density at radius 3 is 1.70 bits per heavy atom. The molecule has 0 saturated heterocycles. The predicted molar refractivity (Wildman–Crippen MR) is 143 cm³/mol. The fraction of sp³-hybridized carbons (Fsp3) is 0.792. The largest absolute Gasteiger partial charge is 0.480 e. The summed E-state index contributed by atoms with van der Waals surface area (Å²) in [6, 6.07) is -1.42. The van der Waals surface area contributed by atoms with Gasteiger partial charge in [-0.15, -0.1) is 0 Å². The minimum Gasteiger partial charge on any atom is -0.480 e. The number of ketones is 1. The van der Waals surface area contributed by atoms with Crippen molar-refractivity contribution in [3.63, 3.8) is 0 Å². The Morgan fingerprint density at radius 1 is 0.700 bits per heavy atom. The van der Waals surface area contributed by atoms with Gasteiger partial charge in [-0.2, -0.15) is 0 Å². The number of carbonyl (C=O) groups excluding carboxylic acids is 4. The standard InChI is InChI=1S/C24H46N6O10/c1-18(31)20(30-26)4-2-3-7-27-22(33)16-39-14-13-38-11-9-29-23(34)17-40-15-12-37-10-8-28-21(32)6-5-19(25)24(35)36/h19-20,30H,2-17,25-26H2,1H3,(H,27,33)(H,28,32)(H,29,34)(H,35,36)/t19-,20-/m0/s1. The maximum absolute atomic E-state index is 11.7. The first-order chi connectivity index (χ1) is 19.2. The molecular formula is C24H46N6O10. The molecule has 0 aromatic rings. The van der Waals surface area contributed by atoms with Gasteiger partial charge in [0.2, 0.25) is 17.7 Å². The number of carboxylic acids is 1. The highest BCUT2D eigenvalue weighted by molar-refractivity contribution is 5.81. The number of hydrogen-bond acceptors (Lipinski definition) is 12. The van der Waals surface area contributed by atoms with Gasteiger partial charge in [-0.1, -0.05) is 0 Å². The number of aliphatic carboxylic acids is 1. The number of unbranched alkanes of at least 4 members (excludes halogenated alkanes) is 1. The quantitative estimate of drug-likeness (QED) is 0.0296. The molecule has 0 spiro atoms. The Balaban J connectivity index is 3.44. The van der Waals surface area contributed by atoms with E-state index in [0.717, 1.165) is 12.8 Å². The van der Waals surface area contributed by atoms with Gasteiger partial charge in [-0.25, -0.2) is 5.43 Å². The van der Waals surface area contributed by atoms with Gasteiger partial charge in [0.05, 0.1) is 45.7 Å². The zero-order valence-corrected chi connectivity index (χ0v) is 23.2. The topological polar surface area (TPSA) is 243 Å². The van der Waals surface area contributed by atoms with E-state index < -0.39 is 12.0 Å². The summed E-state index contributed by atoms with van der Waals surface area (Å²) in [4.78, 5) is 56.8. The second-order valence-electron chi connectivity index (χ2n) is 8.69. The number of hydrazine groups is 1. The molecule has 0 aromatic carbocycles. The third kappa shape index (κ3) is 23.2. The van der Waals surface area contributed by atoms with Gasteiger partial charge in [0.1, 0.15) is 25.0 Å². The second kappa shape index (κ2) is 25.3. The molecule has 0 fully saturated rings. The molecule has 40 heavy (non-hydrogen) atoms. The molecule has 0 aromatic heterocycles. The van der Waals surface area contributed by atoms with E-state index in [1.165, 1.54) is 6.92 Å².